The second kappa shape index (κ2) is 3.91. The Hall–Kier alpha value is -1.85. The number of carbonyl (C=O) groups excluding carboxylic acids is 1. The summed E-state index contributed by atoms with van der Waals surface area (Å²) in [6, 6.07) is 1.19. The lowest BCUT2D eigenvalue weighted by atomic mass is 10.4. The molecular weight excluding hydrogens is 186 g/mol. The minimum absolute atomic E-state index is 0.0465. The van der Waals surface area contributed by atoms with Crippen LogP contribution in [0.5, 0.6) is 6.01 Å². The van der Waals surface area contributed by atoms with Crippen LogP contribution in [0, 0.1) is 0 Å². The molecule has 0 aliphatic heterocycles. The molecule has 0 aliphatic carbocycles. The summed E-state index contributed by atoms with van der Waals surface area (Å²) in [4.78, 5) is 26.0. The zero-order chi connectivity index (χ0) is 10.7. The van der Waals surface area contributed by atoms with Crippen LogP contribution in [-0.4, -0.2) is 22.4 Å². The number of hydrogen-bond acceptors (Lipinski definition) is 5. The van der Waals surface area contributed by atoms with E-state index >= 15 is 0 Å². The van der Waals surface area contributed by atoms with Crippen LogP contribution in [0.25, 0.3) is 0 Å². The first kappa shape index (κ1) is 10.2. The van der Waals surface area contributed by atoms with Crippen LogP contribution >= 0.6 is 0 Å². The zero-order valence-electron chi connectivity index (χ0n) is 7.98. The Labute approximate surface area is 80.3 Å². The van der Waals surface area contributed by atoms with Crippen LogP contribution < -0.4 is 16.0 Å². The maximum Gasteiger partial charge on any atom is 0.301 e. The van der Waals surface area contributed by atoms with Gasteiger partial charge in [-0.05, 0) is 6.92 Å². The first-order chi connectivity index (χ1) is 6.54. The van der Waals surface area contributed by atoms with Crippen molar-refractivity contribution in [2.75, 3.05) is 12.8 Å². The molecule has 1 aromatic rings. The van der Waals surface area contributed by atoms with Gasteiger partial charge in [-0.25, -0.2) is 0 Å². The van der Waals surface area contributed by atoms with E-state index in [1.54, 1.807) is 0 Å². The van der Waals surface area contributed by atoms with Gasteiger partial charge in [0.05, 0.1) is 13.7 Å². The number of nitrogens with two attached hydrogens (primary N) is 1. The minimum atomic E-state index is -0.399. The standard InChI is InChI=1S/C8H11N3O3/c1-5(12)4-11-7(13)3-6(9)10-8(11)14-2/h3H,4,9H2,1-2H3. The highest BCUT2D eigenvalue weighted by Gasteiger charge is 2.08. The maximum atomic E-state index is 11.4. The highest BCUT2D eigenvalue weighted by atomic mass is 16.5. The monoisotopic (exact) mass is 197 g/mol. The molecule has 0 amide bonds. The molecule has 1 aromatic heterocycles. The Morgan fingerprint density at radius 2 is 2.36 bits per heavy atom. The van der Waals surface area contributed by atoms with Crippen LogP contribution in [0.15, 0.2) is 10.9 Å². The SMILES string of the molecule is COc1nc(N)cc(=O)n1CC(C)=O. The molecule has 0 radical (unpaired) electrons. The molecule has 0 atom stereocenters. The van der Waals surface area contributed by atoms with Crippen molar-refractivity contribution >= 4 is 11.6 Å². The number of rotatable bonds is 3. The van der Waals surface area contributed by atoms with E-state index in [0.717, 1.165) is 10.6 Å². The zero-order valence-corrected chi connectivity index (χ0v) is 7.98. The number of carbonyl (C=O) groups is 1. The number of nitrogens with zero attached hydrogens (tertiary/aromatic N) is 2. The summed E-state index contributed by atoms with van der Waals surface area (Å²) >= 11 is 0. The molecule has 0 bridgehead atoms. The molecule has 6 heteroatoms. The van der Waals surface area contributed by atoms with Crippen LogP contribution in [0.3, 0.4) is 0 Å². The highest BCUT2D eigenvalue weighted by molar-refractivity contribution is 5.75. The van der Waals surface area contributed by atoms with Gasteiger partial charge in [0.25, 0.3) is 5.56 Å². The first-order valence-electron chi connectivity index (χ1n) is 3.95. The molecule has 1 heterocycles. The largest absolute Gasteiger partial charge is 0.468 e. The number of Topliss-reactive ketones (excluding diaryl/α,β-unsaturated/α-hetero) is 1. The lowest BCUT2D eigenvalue weighted by molar-refractivity contribution is -0.117. The summed E-state index contributed by atoms with van der Waals surface area (Å²) in [5.74, 6) is -0.0800. The summed E-state index contributed by atoms with van der Waals surface area (Å²) in [6.07, 6.45) is 0. The van der Waals surface area contributed by atoms with Crippen LogP contribution in [-0.2, 0) is 11.3 Å². The quantitative estimate of drug-likeness (QED) is 0.700. The smallest absolute Gasteiger partial charge is 0.301 e. The third-order valence-corrected chi connectivity index (χ3v) is 1.56. The van der Waals surface area contributed by atoms with Crippen molar-refractivity contribution in [3.05, 3.63) is 16.4 Å². The van der Waals surface area contributed by atoms with Crippen molar-refractivity contribution in [1.29, 1.82) is 0 Å². The van der Waals surface area contributed by atoms with E-state index in [-0.39, 0.29) is 24.2 Å². The van der Waals surface area contributed by atoms with Crippen molar-refractivity contribution in [3.63, 3.8) is 0 Å². The number of ketones is 1. The molecule has 0 saturated heterocycles. The summed E-state index contributed by atoms with van der Waals surface area (Å²) in [6.45, 7) is 1.32. The fourth-order valence-corrected chi connectivity index (χ4v) is 1.03. The summed E-state index contributed by atoms with van der Waals surface area (Å²) in [7, 11) is 1.36. The summed E-state index contributed by atoms with van der Waals surface area (Å²) in [5.41, 5.74) is 4.95. The molecule has 2 N–H and O–H groups in total. The van der Waals surface area contributed by atoms with E-state index in [9.17, 15) is 9.59 Å². The molecule has 0 spiro atoms. The van der Waals surface area contributed by atoms with E-state index in [0.29, 0.717) is 0 Å². The molecule has 0 unspecified atom stereocenters. The number of aromatic nitrogens is 2. The van der Waals surface area contributed by atoms with Gasteiger partial charge in [0.2, 0.25) is 0 Å². The van der Waals surface area contributed by atoms with Gasteiger partial charge >= 0.3 is 6.01 Å². The molecule has 6 nitrogen and oxygen atoms in total. The Kier molecular flexibility index (Phi) is 2.85. The molecule has 1 rings (SSSR count). The molecule has 14 heavy (non-hydrogen) atoms. The summed E-state index contributed by atoms with van der Waals surface area (Å²) < 4.78 is 5.95. The Balaban J connectivity index is 3.25. The predicted molar refractivity (Wildman–Crippen MR) is 50.1 cm³/mol. The Bertz CT molecular complexity index is 411. The van der Waals surface area contributed by atoms with E-state index in [1.165, 1.54) is 14.0 Å². The normalized spacial score (nSPS) is 9.86. The van der Waals surface area contributed by atoms with Gasteiger partial charge in [-0.3, -0.25) is 14.2 Å². The van der Waals surface area contributed by atoms with E-state index in [2.05, 4.69) is 4.98 Å². The lowest BCUT2D eigenvalue weighted by Gasteiger charge is -2.08. The molecule has 0 fully saturated rings. The van der Waals surface area contributed by atoms with Gasteiger partial charge in [-0.15, -0.1) is 0 Å². The third kappa shape index (κ3) is 2.09. The number of ether oxygens (including phenoxy) is 1. The van der Waals surface area contributed by atoms with Crippen LogP contribution in [0.2, 0.25) is 0 Å². The molecule has 0 saturated carbocycles. The minimum Gasteiger partial charge on any atom is -0.468 e. The van der Waals surface area contributed by atoms with Crippen molar-refractivity contribution in [2.45, 2.75) is 13.5 Å². The van der Waals surface area contributed by atoms with Crippen molar-refractivity contribution in [3.8, 4) is 6.01 Å². The Morgan fingerprint density at radius 1 is 1.71 bits per heavy atom. The number of nitrogen functional groups attached to an aromatic ring is 1. The third-order valence-electron chi connectivity index (χ3n) is 1.56. The lowest BCUT2D eigenvalue weighted by Crippen LogP contribution is -2.25. The molecule has 0 aliphatic rings. The topological polar surface area (TPSA) is 87.2 Å². The van der Waals surface area contributed by atoms with Gasteiger partial charge in [0, 0.05) is 6.07 Å². The number of hydrogen-bond donors (Lipinski definition) is 1. The number of methoxy groups -OCH3 is 1. The van der Waals surface area contributed by atoms with Crippen LogP contribution in [0.4, 0.5) is 5.82 Å². The molecular formula is C8H11N3O3. The second-order valence-corrected chi connectivity index (χ2v) is 2.79. The number of anilines is 1. The Morgan fingerprint density at radius 3 is 2.86 bits per heavy atom. The average molecular weight is 197 g/mol. The maximum absolute atomic E-state index is 11.4. The molecule has 0 aromatic carbocycles. The highest BCUT2D eigenvalue weighted by Crippen LogP contribution is 2.05. The van der Waals surface area contributed by atoms with Crippen LogP contribution in [0.1, 0.15) is 6.92 Å². The van der Waals surface area contributed by atoms with Gasteiger partial charge in [0.15, 0.2) is 0 Å². The fraction of sp³-hybridized carbons (Fsp3) is 0.375. The van der Waals surface area contributed by atoms with Crippen molar-refractivity contribution in [2.24, 2.45) is 0 Å². The van der Waals surface area contributed by atoms with Gasteiger partial charge in [-0.1, -0.05) is 0 Å². The van der Waals surface area contributed by atoms with E-state index in [1.807, 2.05) is 0 Å². The van der Waals surface area contributed by atoms with Gasteiger partial charge in [-0.2, -0.15) is 4.98 Å². The molecule has 76 valence electrons. The van der Waals surface area contributed by atoms with E-state index in [4.69, 9.17) is 10.5 Å². The van der Waals surface area contributed by atoms with Crippen molar-refractivity contribution < 1.29 is 9.53 Å². The fourth-order valence-electron chi connectivity index (χ4n) is 1.03. The predicted octanol–water partition coefficient (Wildman–Crippen LogP) is -0.577. The summed E-state index contributed by atoms with van der Waals surface area (Å²) in [5, 5.41) is 0. The van der Waals surface area contributed by atoms with Crippen molar-refractivity contribution in [1.82, 2.24) is 9.55 Å². The van der Waals surface area contributed by atoms with Gasteiger partial charge in [0.1, 0.15) is 11.6 Å². The average Bonchev–Trinajstić information content (AvgIpc) is 2.08. The van der Waals surface area contributed by atoms with E-state index < -0.39 is 5.56 Å². The first-order valence-corrected chi connectivity index (χ1v) is 3.95. The second-order valence-electron chi connectivity index (χ2n) is 2.79. The van der Waals surface area contributed by atoms with Gasteiger partial charge < -0.3 is 10.5 Å².